The predicted octanol–water partition coefficient (Wildman–Crippen LogP) is 7.42. The normalized spacial score (nSPS) is 16.8. The van der Waals surface area contributed by atoms with Crippen LogP contribution >= 0.6 is 36.4 Å². The molecule has 1 N–H and O–H groups in total. The minimum Gasteiger partial charge on any atom is -0.451 e. The molecule has 0 radical (unpaired) electrons. The van der Waals surface area contributed by atoms with Gasteiger partial charge in [-0.2, -0.15) is 11.7 Å². The van der Waals surface area contributed by atoms with E-state index >= 15 is 0 Å². The third-order valence-electron chi connectivity index (χ3n) is 7.65. The first kappa shape index (κ1) is 30.1. The zero-order valence-electron chi connectivity index (χ0n) is 22.7. The molecule has 0 bridgehead atoms. The molecule has 2 aromatic carbocycles. The zero-order chi connectivity index (χ0) is 28.8. The number of aromatic nitrogens is 2. The van der Waals surface area contributed by atoms with E-state index in [2.05, 4.69) is 15.1 Å². The van der Waals surface area contributed by atoms with E-state index in [0.29, 0.717) is 18.2 Å². The number of nitrogens with one attached hydrogen (secondary N) is 1. The second kappa shape index (κ2) is 13.7. The Bertz CT molecular complexity index is 1330. The lowest BCUT2D eigenvalue weighted by molar-refractivity contribution is -0.116. The Morgan fingerprint density at radius 3 is 2.34 bits per heavy atom. The van der Waals surface area contributed by atoms with Gasteiger partial charge in [0.15, 0.2) is 0 Å². The van der Waals surface area contributed by atoms with E-state index in [4.69, 9.17) is 14.7 Å². The van der Waals surface area contributed by atoms with Crippen molar-refractivity contribution in [3.8, 4) is 5.75 Å². The second-order valence-corrected chi connectivity index (χ2v) is 13.3. The summed E-state index contributed by atoms with van der Waals surface area (Å²) in [7, 11) is 0. The van der Waals surface area contributed by atoms with Crippen molar-refractivity contribution in [3.05, 3.63) is 53.7 Å². The summed E-state index contributed by atoms with van der Waals surface area (Å²) in [5.74, 6) is 0.725. The number of benzene rings is 2. The fraction of sp³-hybridized carbons (Fsp3) is 0.464. The molecule has 2 saturated heterocycles. The van der Waals surface area contributed by atoms with E-state index in [1.54, 1.807) is 12.1 Å². The van der Waals surface area contributed by atoms with Crippen molar-refractivity contribution in [1.82, 2.24) is 14.9 Å². The lowest BCUT2D eigenvalue weighted by Crippen LogP contribution is -2.44. The number of halogens is 3. The molecule has 1 amide bonds. The molecule has 7 nitrogen and oxygen atoms in total. The molecule has 41 heavy (non-hydrogen) atoms. The van der Waals surface area contributed by atoms with Gasteiger partial charge >= 0.3 is 3.60 Å². The van der Waals surface area contributed by atoms with Crippen LogP contribution in [0.1, 0.15) is 43.4 Å². The summed E-state index contributed by atoms with van der Waals surface area (Å²) in [5, 5.41) is 3.84. The number of ether oxygens (including phenoxy) is 1. The number of hydrogen-bond donors (Lipinski definition) is 1. The van der Waals surface area contributed by atoms with Gasteiger partial charge in [0.1, 0.15) is 42.2 Å². The predicted molar refractivity (Wildman–Crippen MR) is 163 cm³/mol. The summed E-state index contributed by atoms with van der Waals surface area (Å²) >= 11 is -1.70. The van der Waals surface area contributed by atoms with Gasteiger partial charge in [0.25, 0.3) is 0 Å². The molecule has 0 unspecified atom stereocenters. The molecule has 5 rings (SSSR count). The maximum atomic E-state index is 12.9. The lowest BCUT2D eigenvalue weighted by atomic mass is 10.0. The Morgan fingerprint density at radius 2 is 1.68 bits per heavy atom. The Kier molecular flexibility index (Phi) is 10.1. The fourth-order valence-electron chi connectivity index (χ4n) is 5.46. The molecule has 0 aliphatic carbocycles. The fourth-order valence-corrected chi connectivity index (χ4v) is 6.12. The smallest absolute Gasteiger partial charge is 0.338 e. The first-order valence-electron chi connectivity index (χ1n) is 13.7. The van der Waals surface area contributed by atoms with E-state index in [1.165, 1.54) is 38.1 Å². The number of hydrogen-bond acceptors (Lipinski definition) is 9. The molecule has 0 atom stereocenters. The van der Waals surface area contributed by atoms with Crippen molar-refractivity contribution < 1.29 is 21.2 Å². The van der Waals surface area contributed by atoms with Crippen molar-refractivity contribution in [1.29, 1.82) is 0 Å². The highest BCUT2D eigenvalue weighted by atomic mass is 32.3. The number of piperidine rings is 1. The highest BCUT2D eigenvalue weighted by Crippen LogP contribution is 2.49. The highest BCUT2D eigenvalue weighted by Gasteiger charge is 2.40. The zero-order valence-corrected chi connectivity index (χ0v) is 25.1. The Balaban J connectivity index is 1.15. The average molecular weight is 624 g/mol. The van der Waals surface area contributed by atoms with E-state index in [1.807, 2.05) is 25.1 Å². The monoisotopic (exact) mass is 623 g/mol. The molecule has 1 aromatic heterocycles. The number of fused-ring (bicyclic) bond motifs is 1. The molecule has 3 heterocycles. The molecule has 220 valence electrons. The van der Waals surface area contributed by atoms with Crippen LogP contribution in [0.5, 0.6) is 5.75 Å². The van der Waals surface area contributed by atoms with Gasteiger partial charge in [-0.15, -0.1) is 0 Å². The van der Waals surface area contributed by atoms with Crippen LogP contribution in [0.3, 0.4) is 0 Å². The van der Waals surface area contributed by atoms with Crippen molar-refractivity contribution in [2.24, 2.45) is 0 Å². The van der Waals surface area contributed by atoms with Crippen LogP contribution < -0.4 is 15.0 Å². The minimum atomic E-state index is -2.35. The van der Waals surface area contributed by atoms with Crippen LogP contribution in [-0.4, -0.2) is 56.6 Å². The molecular weight excluding hydrogens is 592 g/mol. The van der Waals surface area contributed by atoms with E-state index in [9.17, 15) is 16.5 Å². The van der Waals surface area contributed by atoms with Crippen molar-refractivity contribution in [2.45, 2.75) is 55.1 Å². The summed E-state index contributed by atoms with van der Waals surface area (Å²) in [6, 6.07) is 12.7. The second-order valence-electron chi connectivity index (χ2n) is 10.3. The van der Waals surface area contributed by atoms with Gasteiger partial charge in [0.2, 0.25) is 11.9 Å². The summed E-state index contributed by atoms with van der Waals surface area (Å²) in [6.07, 6.45) is 5.57. The van der Waals surface area contributed by atoms with Gasteiger partial charge in [-0.3, -0.25) is 4.79 Å². The first-order valence-corrected chi connectivity index (χ1v) is 15.8. The van der Waals surface area contributed by atoms with Gasteiger partial charge in [-0.1, -0.05) is 12.1 Å². The Hall–Kier alpha value is -2.35. The number of carbonyl (C=O) groups is 1. The van der Waals surface area contributed by atoms with Crippen LogP contribution in [-0.2, 0) is 11.2 Å². The van der Waals surface area contributed by atoms with E-state index < -0.39 is 40.0 Å². The first-order chi connectivity index (χ1) is 19.9. The molecule has 2 aliphatic rings. The van der Waals surface area contributed by atoms with Crippen molar-refractivity contribution in [3.63, 3.8) is 0 Å². The minimum absolute atomic E-state index is 0.113. The molecule has 3 aromatic rings. The van der Waals surface area contributed by atoms with Gasteiger partial charge in [0, 0.05) is 36.6 Å². The van der Waals surface area contributed by atoms with Gasteiger partial charge < -0.3 is 19.9 Å². The summed E-state index contributed by atoms with van der Waals surface area (Å²) in [6.45, 7) is 6.34. The van der Waals surface area contributed by atoms with Crippen LogP contribution in [0, 0.1) is 6.92 Å². The molecular formula is C28H32F3N5O2S3. The summed E-state index contributed by atoms with van der Waals surface area (Å²) in [5.41, 5.74) is 3.22. The Labute approximate surface area is 251 Å². The molecule has 0 spiro atoms. The number of rotatable bonds is 11. The SMILES string of the molecule is Cc1nc(N2CCC(N3CCCC3)CC2)nc2ccc(NC(=O)CCc3ccc(OC(SF)(SF)SF)cc3)cc12. The highest BCUT2D eigenvalue weighted by molar-refractivity contribution is 8.29. The summed E-state index contributed by atoms with van der Waals surface area (Å²) < 4.78 is 41.6. The van der Waals surface area contributed by atoms with Gasteiger partial charge in [0.05, 0.1) is 11.2 Å². The van der Waals surface area contributed by atoms with E-state index in [0.717, 1.165) is 54.0 Å². The number of anilines is 2. The van der Waals surface area contributed by atoms with Gasteiger partial charge in [-0.05, 0) is 88.0 Å². The van der Waals surface area contributed by atoms with Gasteiger partial charge in [-0.25, -0.2) is 9.97 Å². The average Bonchev–Trinajstić information content (AvgIpc) is 3.55. The number of carbonyl (C=O) groups excluding carboxylic acids is 1. The quantitative estimate of drug-likeness (QED) is 0.220. The maximum absolute atomic E-state index is 12.9. The van der Waals surface area contributed by atoms with E-state index in [-0.39, 0.29) is 18.1 Å². The topological polar surface area (TPSA) is 70.6 Å². The molecule has 13 heteroatoms. The molecule has 2 aliphatic heterocycles. The number of nitrogens with zero attached hydrogens (tertiary/aromatic N) is 4. The van der Waals surface area contributed by atoms with Crippen LogP contribution in [0.4, 0.5) is 23.3 Å². The van der Waals surface area contributed by atoms with Crippen molar-refractivity contribution in [2.75, 3.05) is 36.4 Å². The van der Waals surface area contributed by atoms with Crippen LogP contribution in [0.25, 0.3) is 10.9 Å². The summed E-state index contributed by atoms with van der Waals surface area (Å²) in [4.78, 5) is 27.2. The number of aryl methyl sites for hydroxylation is 2. The third-order valence-corrected chi connectivity index (χ3v) is 9.60. The number of likely N-dealkylation sites (tertiary alicyclic amines) is 1. The Morgan fingerprint density at radius 1 is 1.00 bits per heavy atom. The van der Waals surface area contributed by atoms with Crippen LogP contribution in [0.2, 0.25) is 0 Å². The number of amides is 1. The standard InChI is InChI=1S/C28H32F3N5O2S3/c1-19-24-18-21(33-26(37)11-6-20-4-8-23(9-5-20)38-28(39-29,40-30)41-31)7-10-25(24)34-27(32-19)36-16-12-22(13-17-36)35-14-2-3-15-35/h4-5,7-10,18,22H,2-3,6,11-17H2,1H3,(H,33,37). The third kappa shape index (κ3) is 7.36. The molecule has 0 saturated carbocycles. The lowest BCUT2D eigenvalue weighted by Gasteiger charge is -2.36. The largest absolute Gasteiger partial charge is 0.451 e. The molecule has 2 fully saturated rings. The van der Waals surface area contributed by atoms with Crippen LogP contribution in [0.15, 0.2) is 42.5 Å². The maximum Gasteiger partial charge on any atom is 0.338 e. The van der Waals surface area contributed by atoms with Crippen molar-refractivity contribution >= 4 is 64.9 Å².